The van der Waals surface area contributed by atoms with E-state index >= 15 is 0 Å². The molecule has 31 heavy (non-hydrogen) atoms. The van der Waals surface area contributed by atoms with Crippen LogP contribution < -0.4 is 9.47 Å². The Kier molecular flexibility index (Phi) is 6.91. The summed E-state index contributed by atoms with van der Waals surface area (Å²) in [7, 11) is -0.528. The minimum Gasteiger partial charge on any atom is -0.497 e. The monoisotopic (exact) mass is 446 g/mol. The fourth-order valence-corrected chi connectivity index (χ4v) is 3.92. The third-order valence-corrected chi connectivity index (χ3v) is 6.16. The number of benzene rings is 2. The maximum Gasteiger partial charge on any atom is 0.307 e. The topological polar surface area (TPSA) is 118 Å². The van der Waals surface area contributed by atoms with Crippen LogP contribution in [-0.4, -0.2) is 44.5 Å². The van der Waals surface area contributed by atoms with E-state index in [1.165, 1.54) is 19.2 Å². The summed E-state index contributed by atoms with van der Waals surface area (Å²) < 4.78 is 45.3. The molecule has 10 heteroatoms. The highest BCUT2D eigenvalue weighted by Crippen LogP contribution is 2.31. The van der Waals surface area contributed by atoms with Gasteiger partial charge in [-0.2, -0.15) is 4.98 Å². The zero-order valence-corrected chi connectivity index (χ0v) is 18.1. The molecular weight excluding hydrogens is 424 g/mol. The lowest BCUT2D eigenvalue weighted by molar-refractivity contribution is -0.145. The molecule has 0 saturated heterocycles. The first-order valence-corrected chi connectivity index (χ1v) is 11.0. The number of carbonyl (C=O) groups is 1. The highest BCUT2D eigenvalue weighted by atomic mass is 32.2. The van der Waals surface area contributed by atoms with Crippen LogP contribution in [0.2, 0.25) is 0 Å². The Morgan fingerprint density at radius 3 is 2.48 bits per heavy atom. The lowest BCUT2D eigenvalue weighted by Gasteiger charge is -2.07. The van der Waals surface area contributed by atoms with Crippen molar-refractivity contribution in [2.75, 3.05) is 20.0 Å². The van der Waals surface area contributed by atoms with Crippen LogP contribution in [0.25, 0.3) is 11.4 Å². The highest BCUT2D eigenvalue weighted by Gasteiger charge is 2.19. The number of rotatable bonds is 9. The van der Waals surface area contributed by atoms with Crippen LogP contribution in [0.4, 0.5) is 0 Å². The molecule has 0 amide bonds. The second-order valence-electron chi connectivity index (χ2n) is 6.62. The molecule has 0 bridgehead atoms. The first kappa shape index (κ1) is 22.3. The van der Waals surface area contributed by atoms with Crippen LogP contribution in [0.1, 0.15) is 17.9 Å². The normalized spacial score (nSPS) is 11.2. The molecular formula is C21H22N2O7S. The molecule has 9 nitrogen and oxygen atoms in total. The van der Waals surface area contributed by atoms with Crippen molar-refractivity contribution < 1.29 is 31.9 Å². The van der Waals surface area contributed by atoms with E-state index in [4.69, 9.17) is 18.7 Å². The summed E-state index contributed by atoms with van der Waals surface area (Å²) in [5, 5.41) is 3.87. The van der Waals surface area contributed by atoms with E-state index in [1.807, 2.05) is 6.92 Å². The second-order valence-corrected chi connectivity index (χ2v) is 8.73. The summed E-state index contributed by atoms with van der Waals surface area (Å²) in [4.78, 5) is 16.3. The fourth-order valence-electron chi connectivity index (χ4n) is 2.70. The van der Waals surface area contributed by atoms with E-state index in [1.54, 1.807) is 37.4 Å². The molecule has 1 aromatic heterocycles. The van der Waals surface area contributed by atoms with Crippen LogP contribution >= 0.6 is 0 Å². The third-order valence-electron chi connectivity index (χ3n) is 4.43. The SMILES string of the molecule is COc1ccc(-c2noc(COC(=O)CCS(=O)(=O)c3ccc(C)cc3)n2)c(OC)c1. The highest BCUT2D eigenvalue weighted by molar-refractivity contribution is 7.91. The van der Waals surface area contributed by atoms with Crippen molar-refractivity contribution in [3.05, 3.63) is 53.9 Å². The van der Waals surface area contributed by atoms with Gasteiger partial charge in [-0.05, 0) is 31.2 Å². The van der Waals surface area contributed by atoms with Crippen LogP contribution in [0.15, 0.2) is 51.9 Å². The van der Waals surface area contributed by atoms with E-state index in [2.05, 4.69) is 10.1 Å². The van der Waals surface area contributed by atoms with Gasteiger partial charge in [0.15, 0.2) is 16.4 Å². The van der Waals surface area contributed by atoms with Gasteiger partial charge >= 0.3 is 5.97 Å². The van der Waals surface area contributed by atoms with E-state index in [9.17, 15) is 13.2 Å². The number of hydrogen-bond acceptors (Lipinski definition) is 9. The summed E-state index contributed by atoms with van der Waals surface area (Å²) >= 11 is 0. The molecule has 0 fully saturated rings. The average molecular weight is 446 g/mol. The zero-order valence-electron chi connectivity index (χ0n) is 17.3. The van der Waals surface area contributed by atoms with Crippen molar-refractivity contribution in [2.45, 2.75) is 24.8 Å². The van der Waals surface area contributed by atoms with Gasteiger partial charge in [-0.1, -0.05) is 22.9 Å². The zero-order chi connectivity index (χ0) is 22.4. The van der Waals surface area contributed by atoms with Crippen LogP contribution in [0, 0.1) is 6.92 Å². The Balaban J connectivity index is 1.57. The number of esters is 1. The van der Waals surface area contributed by atoms with Gasteiger partial charge in [0.05, 0.1) is 36.9 Å². The molecule has 0 radical (unpaired) electrons. The van der Waals surface area contributed by atoms with Crippen molar-refractivity contribution in [3.63, 3.8) is 0 Å². The lowest BCUT2D eigenvalue weighted by atomic mass is 10.2. The molecule has 164 valence electrons. The van der Waals surface area contributed by atoms with Crippen molar-refractivity contribution in [2.24, 2.45) is 0 Å². The molecule has 0 aliphatic heterocycles. The van der Waals surface area contributed by atoms with E-state index < -0.39 is 15.8 Å². The number of ether oxygens (including phenoxy) is 3. The number of aryl methyl sites for hydroxylation is 1. The quantitative estimate of drug-likeness (QED) is 0.457. The maximum absolute atomic E-state index is 12.3. The summed E-state index contributed by atoms with van der Waals surface area (Å²) in [5.41, 5.74) is 1.53. The van der Waals surface area contributed by atoms with E-state index in [0.717, 1.165) is 5.56 Å². The van der Waals surface area contributed by atoms with Gasteiger partial charge in [0, 0.05) is 6.07 Å². The summed E-state index contributed by atoms with van der Waals surface area (Å²) in [6.07, 6.45) is -0.288. The summed E-state index contributed by atoms with van der Waals surface area (Å²) in [6, 6.07) is 11.6. The number of carbonyl (C=O) groups excluding carboxylic acids is 1. The van der Waals surface area contributed by atoms with Crippen LogP contribution in [0.3, 0.4) is 0 Å². The van der Waals surface area contributed by atoms with Crippen molar-refractivity contribution in [1.82, 2.24) is 10.1 Å². The van der Waals surface area contributed by atoms with Crippen molar-refractivity contribution >= 4 is 15.8 Å². The molecule has 1 heterocycles. The molecule has 0 unspecified atom stereocenters. The van der Waals surface area contributed by atoms with Gasteiger partial charge in [0.1, 0.15) is 11.5 Å². The molecule has 0 atom stereocenters. The molecule has 0 aliphatic rings. The van der Waals surface area contributed by atoms with E-state index in [0.29, 0.717) is 17.1 Å². The minimum absolute atomic E-state index is 0.0719. The average Bonchev–Trinajstić information content (AvgIpc) is 3.25. The van der Waals surface area contributed by atoms with Crippen molar-refractivity contribution in [1.29, 1.82) is 0 Å². The Hall–Kier alpha value is -3.40. The van der Waals surface area contributed by atoms with Gasteiger partial charge in [0.2, 0.25) is 5.82 Å². The first-order valence-electron chi connectivity index (χ1n) is 9.32. The molecule has 2 aromatic carbocycles. The number of hydrogen-bond donors (Lipinski definition) is 0. The Morgan fingerprint density at radius 2 is 1.81 bits per heavy atom. The Labute approximate surface area is 179 Å². The van der Waals surface area contributed by atoms with Gasteiger partial charge < -0.3 is 18.7 Å². The van der Waals surface area contributed by atoms with Crippen LogP contribution in [0.5, 0.6) is 11.5 Å². The van der Waals surface area contributed by atoms with Gasteiger partial charge in [-0.15, -0.1) is 0 Å². The second kappa shape index (κ2) is 9.61. The standard InChI is InChI=1S/C21H22N2O7S/c1-14-4-7-16(8-5-14)31(25,26)11-10-20(24)29-13-19-22-21(23-30-19)17-9-6-15(27-2)12-18(17)28-3/h4-9,12H,10-11,13H2,1-3H3. The summed E-state index contributed by atoms with van der Waals surface area (Å²) in [5.74, 6) is 0.393. The maximum atomic E-state index is 12.3. The molecule has 0 aliphatic carbocycles. The molecule has 3 aromatic rings. The number of aromatic nitrogens is 2. The van der Waals surface area contributed by atoms with Gasteiger partial charge in [-0.3, -0.25) is 4.79 Å². The van der Waals surface area contributed by atoms with Gasteiger partial charge in [0.25, 0.3) is 5.89 Å². The Bertz CT molecular complexity index is 1150. The fraction of sp³-hybridized carbons (Fsp3) is 0.286. The molecule has 0 N–H and O–H groups in total. The largest absolute Gasteiger partial charge is 0.497 e. The first-order chi connectivity index (χ1) is 14.8. The smallest absolute Gasteiger partial charge is 0.307 e. The number of methoxy groups -OCH3 is 2. The summed E-state index contributed by atoms with van der Waals surface area (Å²) in [6.45, 7) is 1.59. The van der Waals surface area contributed by atoms with Crippen molar-refractivity contribution in [3.8, 4) is 22.9 Å². The predicted octanol–water partition coefficient (Wildman–Crippen LogP) is 2.97. The molecule has 3 rings (SSSR count). The Morgan fingerprint density at radius 1 is 1.06 bits per heavy atom. The van der Waals surface area contributed by atoms with E-state index in [-0.39, 0.29) is 35.4 Å². The minimum atomic E-state index is -3.58. The lowest BCUT2D eigenvalue weighted by Crippen LogP contribution is -2.13. The molecule has 0 spiro atoms. The number of nitrogens with zero attached hydrogens (tertiary/aromatic N) is 2. The predicted molar refractivity (Wildman–Crippen MR) is 110 cm³/mol. The third kappa shape index (κ3) is 5.60. The van der Waals surface area contributed by atoms with Gasteiger partial charge in [-0.25, -0.2) is 8.42 Å². The molecule has 0 saturated carbocycles. The van der Waals surface area contributed by atoms with Crippen LogP contribution in [-0.2, 0) is 26.0 Å². The number of sulfone groups is 1.